The second-order valence-electron chi connectivity index (χ2n) is 10.5. The van der Waals surface area contributed by atoms with Crippen LogP contribution in [-0.4, -0.2) is 48.9 Å². The molecular formula is C20H36F6O18P6. The molecular weight excluding hydrogens is 828 g/mol. The molecule has 0 saturated heterocycles. The Morgan fingerprint density at radius 2 is 0.540 bits per heavy atom. The highest BCUT2D eigenvalue weighted by molar-refractivity contribution is 7.47. The normalized spacial score (nSPS) is 14.2. The van der Waals surface area contributed by atoms with Crippen molar-refractivity contribution in [1.82, 2.24) is 0 Å². The SMILES string of the molecule is CC(C)(C)c1ccc(OP(=O)(O)F)cc1.CC(C)(C)c1ccc(OP(=O)(O)F)cc1.O=P(O)(O)F.O=P(O)(O)F.O=P(O)(O)F.O=P(O)(O)F. The van der Waals surface area contributed by atoms with E-state index in [4.69, 9.17) is 67.2 Å². The van der Waals surface area contributed by atoms with E-state index >= 15 is 0 Å². The van der Waals surface area contributed by atoms with Crippen LogP contribution in [0.2, 0.25) is 0 Å². The van der Waals surface area contributed by atoms with Gasteiger partial charge in [-0.15, -0.1) is 25.2 Å². The van der Waals surface area contributed by atoms with Gasteiger partial charge in [-0.1, -0.05) is 65.8 Å². The summed E-state index contributed by atoms with van der Waals surface area (Å²) in [6.07, 6.45) is 0. The molecule has 2 unspecified atom stereocenters. The second kappa shape index (κ2) is 22.0. The van der Waals surface area contributed by atoms with Crippen LogP contribution in [0.25, 0.3) is 0 Å². The molecule has 18 nitrogen and oxygen atoms in total. The van der Waals surface area contributed by atoms with Crippen LogP contribution in [0.15, 0.2) is 48.5 Å². The van der Waals surface area contributed by atoms with Crippen LogP contribution in [0.4, 0.5) is 25.2 Å². The fourth-order valence-corrected chi connectivity index (χ4v) is 3.06. The Morgan fingerprint density at radius 1 is 0.400 bits per heavy atom. The summed E-state index contributed by atoms with van der Waals surface area (Å²) in [7, 11) is -30.4. The van der Waals surface area contributed by atoms with Gasteiger partial charge >= 0.3 is 47.4 Å². The van der Waals surface area contributed by atoms with E-state index in [2.05, 4.69) is 9.05 Å². The quantitative estimate of drug-likeness (QED) is 0.109. The van der Waals surface area contributed by atoms with Gasteiger partial charge in [-0.2, -0.15) is 0 Å². The Balaban J connectivity index is -0.000000279. The summed E-state index contributed by atoms with van der Waals surface area (Å²) in [5, 5.41) is 0. The zero-order valence-corrected chi connectivity index (χ0v) is 31.7. The van der Waals surface area contributed by atoms with E-state index in [0.717, 1.165) is 11.1 Å². The summed E-state index contributed by atoms with van der Waals surface area (Å²) in [6.45, 7) is 12.2. The molecule has 296 valence electrons. The molecule has 0 bridgehead atoms. The standard InChI is InChI=1S/2C10H14FO3P.4FH2O3P/c2*1-10(2,3)8-4-6-9(7-5-8)14-15(11,12)13;4*1-5(2,3)4/h2*4-7H,1-3H3,(H,12,13);4*(H2,2,3,4). The summed E-state index contributed by atoms with van der Waals surface area (Å²) < 4.78 is 130. The van der Waals surface area contributed by atoms with Crippen molar-refractivity contribution < 1.29 is 111 Å². The highest BCUT2D eigenvalue weighted by Gasteiger charge is 2.21. The first-order chi connectivity index (χ1) is 21.4. The number of halogens is 6. The topological polar surface area (TPSA) is 323 Å². The zero-order chi connectivity index (χ0) is 41.4. The Morgan fingerprint density at radius 3 is 0.640 bits per heavy atom. The maximum Gasteiger partial charge on any atom is 0.567 e. The molecule has 2 aromatic carbocycles. The first-order valence-corrected chi connectivity index (χ1v) is 21.0. The van der Waals surface area contributed by atoms with Crippen molar-refractivity contribution in [3.8, 4) is 11.5 Å². The van der Waals surface area contributed by atoms with Crippen LogP contribution >= 0.6 is 47.4 Å². The zero-order valence-electron chi connectivity index (χ0n) is 26.3. The summed E-state index contributed by atoms with van der Waals surface area (Å²) in [5.74, 6) is 0.104. The molecule has 2 aromatic rings. The first kappa shape index (κ1) is 55.4. The number of benzene rings is 2. The minimum absolute atomic E-state index is 0.0167. The lowest BCUT2D eigenvalue weighted by Gasteiger charge is -2.19. The van der Waals surface area contributed by atoms with Crippen LogP contribution < -0.4 is 9.05 Å². The summed E-state index contributed by atoms with van der Waals surface area (Å²) in [5.41, 5.74) is 2.05. The van der Waals surface area contributed by atoms with E-state index in [-0.39, 0.29) is 22.3 Å². The highest BCUT2D eigenvalue weighted by atomic mass is 31.2. The van der Waals surface area contributed by atoms with Crippen LogP contribution in [0.1, 0.15) is 52.7 Å². The molecule has 0 aromatic heterocycles. The highest BCUT2D eigenvalue weighted by Crippen LogP contribution is 2.45. The summed E-state index contributed by atoms with van der Waals surface area (Å²) in [6, 6.07) is 12.9. The molecule has 0 radical (unpaired) electrons. The van der Waals surface area contributed by atoms with Gasteiger partial charge in [0.15, 0.2) is 0 Å². The van der Waals surface area contributed by atoms with Crippen LogP contribution in [0.5, 0.6) is 11.5 Å². The molecule has 2 atom stereocenters. The monoisotopic (exact) mass is 864 g/mol. The van der Waals surface area contributed by atoms with Crippen molar-refractivity contribution in [2.24, 2.45) is 0 Å². The Labute approximate surface area is 281 Å². The lowest BCUT2D eigenvalue weighted by Crippen LogP contribution is -2.10. The molecule has 0 amide bonds. The van der Waals surface area contributed by atoms with Gasteiger partial charge in [0, 0.05) is 0 Å². The molecule has 0 heterocycles. The summed E-state index contributed by atoms with van der Waals surface area (Å²) >= 11 is 0. The van der Waals surface area contributed by atoms with Gasteiger partial charge in [0.2, 0.25) is 0 Å². The van der Waals surface area contributed by atoms with E-state index in [1.165, 1.54) is 24.3 Å². The molecule has 2 rings (SSSR count). The first-order valence-electron chi connectivity index (χ1n) is 12.0. The van der Waals surface area contributed by atoms with Crippen molar-refractivity contribution in [3.05, 3.63) is 59.7 Å². The molecule has 0 saturated carbocycles. The van der Waals surface area contributed by atoms with Crippen molar-refractivity contribution in [2.75, 3.05) is 0 Å². The summed E-state index contributed by atoms with van der Waals surface area (Å²) in [4.78, 5) is 72.5. The van der Waals surface area contributed by atoms with E-state index in [0.29, 0.717) is 0 Å². The number of hydrogen-bond donors (Lipinski definition) is 10. The van der Waals surface area contributed by atoms with Crippen LogP contribution in [0, 0.1) is 0 Å². The number of hydrogen-bond acceptors (Lipinski definition) is 8. The van der Waals surface area contributed by atoms with Gasteiger partial charge < -0.3 is 9.05 Å². The molecule has 30 heteroatoms. The minimum atomic E-state index is -5.14. The molecule has 0 aliphatic rings. The third-order valence-electron chi connectivity index (χ3n) is 3.88. The van der Waals surface area contributed by atoms with Crippen molar-refractivity contribution in [3.63, 3.8) is 0 Å². The lowest BCUT2D eigenvalue weighted by molar-refractivity contribution is 0.320. The predicted molar refractivity (Wildman–Crippen MR) is 166 cm³/mol. The van der Waals surface area contributed by atoms with Gasteiger partial charge in [-0.25, -0.2) is 27.4 Å². The minimum Gasteiger partial charge on any atom is -0.401 e. The largest absolute Gasteiger partial charge is 0.567 e. The molecule has 0 fully saturated rings. The second-order valence-corrected chi connectivity index (χ2v) is 16.5. The Kier molecular flexibility index (Phi) is 24.3. The Hall–Kier alpha value is -1.40. The fraction of sp³-hybridized carbons (Fsp3) is 0.400. The van der Waals surface area contributed by atoms with Gasteiger partial charge in [0.25, 0.3) is 0 Å². The molecule has 0 aliphatic carbocycles. The molecule has 50 heavy (non-hydrogen) atoms. The molecule has 0 aliphatic heterocycles. The number of rotatable bonds is 4. The third kappa shape index (κ3) is 58.8. The third-order valence-corrected chi connectivity index (χ3v) is 4.75. The van der Waals surface area contributed by atoms with Crippen LogP contribution in [0.3, 0.4) is 0 Å². The average molecular weight is 864 g/mol. The van der Waals surface area contributed by atoms with E-state index in [1.807, 2.05) is 41.5 Å². The van der Waals surface area contributed by atoms with E-state index in [9.17, 15) is 34.3 Å². The van der Waals surface area contributed by atoms with Gasteiger partial charge in [-0.05, 0) is 46.2 Å². The fourth-order valence-electron chi connectivity index (χ4n) is 2.29. The maximum absolute atomic E-state index is 12.3. The van der Waals surface area contributed by atoms with Gasteiger partial charge in [0.05, 0.1) is 0 Å². The van der Waals surface area contributed by atoms with Crippen molar-refractivity contribution in [2.45, 2.75) is 52.4 Å². The average Bonchev–Trinajstić information content (AvgIpc) is 2.72. The van der Waals surface area contributed by atoms with Gasteiger partial charge in [0.1, 0.15) is 11.5 Å². The molecule has 10 N–H and O–H groups in total. The lowest BCUT2D eigenvalue weighted by atomic mass is 9.87. The van der Waals surface area contributed by atoms with E-state index in [1.54, 1.807) is 24.3 Å². The smallest absolute Gasteiger partial charge is 0.401 e. The van der Waals surface area contributed by atoms with Gasteiger partial charge in [-0.3, -0.25) is 48.9 Å². The van der Waals surface area contributed by atoms with Crippen LogP contribution in [-0.2, 0) is 38.2 Å². The Bertz CT molecular complexity index is 1360. The molecule has 0 spiro atoms. The van der Waals surface area contributed by atoms with Crippen molar-refractivity contribution >= 4 is 47.4 Å². The van der Waals surface area contributed by atoms with Crippen molar-refractivity contribution in [1.29, 1.82) is 0 Å². The maximum atomic E-state index is 12.3. The predicted octanol–water partition coefficient (Wildman–Crippen LogP) is 7.06. The van der Waals surface area contributed by atoms with E-state index < -0.39 is 47.4 Å².